The molecule has 55 heavy (non-hydrogen) atoms. The number of hydrogen-bond donors (Lipinski definition) is 0. The van der Waals surface area contributed by atoms with Gasteiger partial charge in [-0.25, -0.2) is 0 Å². The maximum Gasteiger partial charge on any atom is 0.292 e. The van der Waals surface area contributed by atoms with Crippen molar-refractivity contribution in [1.29, 1.82) is 0 Å². The lowest BCUT2D eigenvalue weighted by Crippen LogP contribution is -2.34. The molecule has 0 spiro atoms. The van der Waals surface area contributed by atoms with Gasteiger partial charge in [0.2, 0.25) is 0 Å². The maximum atomic E-state index is 16.3. The second kappa shape index (κ2) is 14.9. The van der Waals surface area contributed by atoms with Gasteiger partial charge >= 0.3 is 0 Å². The van der Waals surface area contributed by atoms with Gasteiger partial charge in [0, 0.05) is 29.8 Å². The first-order valence-corrected chi connectivity index (χ1v) is 19.0. The molecule has 1 unspecified atom stereocenters. The molecule has 0 saturated heterocycles. The number of fused-ring (bicyclic) bond motifs is 3. The van der Waals surface area contributed by atoms with E-state index in [2.05, 4.69) is 13.2 Å². The number of benzene rings is 6. The summed E-state index contributed by atoms with van der Waals surface area (Å²) in [4.78, 5) is 21.5. The molecule has 10 nitrogen and oxygen atoms in total. The third-order valence-electron chi connectivity index (χ3n) is 9.74. The van der Waals surface area contributed by atoms with Gasteiger partial charge in [0.25, 0.3) is 18.7 Å². The fourth-order valence-electron chi connectivity index (χ4n) is 6.87. The van der Waals surface area contributed by atoms with E-state index >= 15 is 4.57 Å². The number of allylic oxidation sites excluding steroid dienone is 2. The summed E-state index contributed by atoms with van der Waals surface area (Å²) in [5.41, 5.74) is 4.42. The predicted molar refractivity (Wildman–Crippen MR) is 213 cm³/mol. The van der Waals surface area contributed by atoms with Crippen LogP contribution in [0.25, 0.3) is 11.1 Å². The van der Waals surface area contributed by atoms with Crippen LogP contribution in [-0.2, 0) is 22.6 Å². The summed E-state index contributed by atoms with van der Waals surface area (Å²) < 4.78 is 35.5. The minimum atomic E-state index is -3.93. The van der Waals surface area contributed by atoms with Crippen molar-refractivity contribution in [3.8, 4) is 39.9 Å². The van der Waals surface area contributed by atoms with E-state index in [1.807, 2.05) is 79.7 Å². The molecule has 0 radical (unpaired) electrons. The van der Waals surface area contributed by atoms with E-state index in [-0.39, 0.29) is 11.4 Å². The molecule has 0 N–H and O–H groups in total. The van der Waals surface area contributed by atoms with Gasteiger partial charge in [-0.05, 0) is 96.1 Å². The third-order valence-corrected chi connectivity index (χ3v) is 12.9. The van der Waals surface area contributed by atoms with Crippen molar-refractivity contribution in [3.05, 3.63) is 201 Å². The van der Waals surface area contributed by atoms with E-state index in [1.54, 1.807) is 24.3 Å². The molecular weight excluding hydrogens is 715 g/mol. The number of non-ortho nitro benzene ring substituents is 2. The summed E-state index contributed by atoms with van der Waals surface area (Å²) in [6.07, 6.45) is 4.30. The van der Waals surface area contributed by atoms with E-state index in [1.165, 1.54) is 48.5 Å². The molecule has 1 aliphatic heterocycles. The molecule has 0 fully saturated rings. The van der Waals surface area contributed by atoms with E-state index in [0.717, 1.165) is 22.3 Å². The normalized spacial score (nSPS) is 14.4. The Morgan fingerprint density at radius 3 is 1.58 bits per heavy atom. The summed E-state index contributed by atoms with van der Waals surface area (Å²) in [6, 6.07) is 38.1. The molecule has 11 heteroatoms. The van der Waals surface area contributed by atoms with Crippen LogP contribution in [0.15, 0.2) is 159 Å². The Morgan fingerprint density at radius 1 is 0.655 bits per heavy atom. The lowest BCUT2D eigenvalue weighted by molar-refractivity contribution is -0.385. The number of nitrogens with zero attached hydrogens (tertiary/aromatic N) is 2. The predicted octanol–water partition coefficient (Wildman–Crippen LogP) is 11.5. The quantitative estimate of drug-likeness (QED) is 0.0493. The zero-order chi connectivity index (χ0) is 38.7. The molecular formula is C44H35N2O8P. The average Bonchev–Trinajstić information content (AvgIpc) is 3.19. The number of nitro groups is 2. The van der Waals surface area contributed by atoms with Gasteiger partial charge in [-0.3, -0.25) is 24.8 Å². The van der Waals surface area contributed by atoms with Crippen LogP contribution in [0.3, 0.4) is 0 Å². The van der Waals surface area contributed by atoms with Gasteiger partial charge < -0.3 is 14.0 Å². The molecule has 0 aromatic heterocycles. The van der Waals surface area contributed by atoms with Gasteiger partial charge in [0.1, 0.15) is 33.9 Å². The molecule has 0 aliphatic carbocycles. The van der Waals surface area contributed by atoms with Crippen molar-refractivity contribution in [3.63, 3.8) is 0 Å². The van der Waals surface area contributed by atoms with Crippen LogP contribution in [0.4, 0.5) is 11.4 Å². The number of ether oxygens (including phenoxy) is 2. The highest BCUT2D eigenvalue weighted by Gasteiger charge is 2.54. The Bertz CT molecular complexity index is 2400. The fourth-order valence-corrected chi connectivity index (χ4v) is 9.82. The lowest BCUT2D eigenvalue weighted by Gasteiger charge is -2.42. The van der Waals surface area contributed by atoms with Crippen molar-refractivity contribution < 1.29 is 28.4 Å². The number of nitro benzene ring substituents is 2. The molecule has 0 amide bonds. The van der Waals surface area contributed by atoms with Gasteiger partial charge in [-0.1, -0.05) is 72.8 Å². The van der Waals surface area contributed by atoms with Gasteiger partial charge in [-0.15, -0.1) is 13.2 Å². The smallest absolute Gasteiger partial charge is 0.292 e. The molecule has 274 valence electrons. The molecule has 1 heterocycles. The van der Waals surface area contributed by atoms with Crippen LogP contribution in [0.5, 0.6) is 28.7 Å². The molecule has 0 bridgehead atoms. The maximum absolute atomic E-state index is 16.3. The van der Waals surface area contributed by atoms with Gasteiger partial charge in [0.15, 0.2) is 0 Å². The SMILES string of the molecule is C=CCc1cc(C(C)(c2ccc(Oc3ccc([N+](=O)[O-])cc3)c(CC=C)c2)P2(=O)Oc3ccccc3-c3ccccc32)ccc1Oc1ccc([N+](=O)[O-])cc1. The van der Waals surface area contributed by atoms with Crippen LogP contribution < -0.4 is 19.3 Å². The zero-order valence-electron chi connectivity index (χ0n) is 29.8. The Balaban J connectivity index is 1.40. The number of para-hydroxylation sites is 1. The van der Waals surface area contributed by atoms with Crippen LogP contribution in [0, 0.1) is 20.2 Å². The Hall–Kier alpha value is -6.77. The van der Waals surface area contributed by atoms with E-state index < -0.39 is 22.4 Å². The minimum absolute atomic E-state index is 0.0520. The third kappa shape index (κ3) is 6.80. The van der Waals surface area contributed by atoms with Crippen LogP contribution in [0.2, 0.25) is 0 Å². The number of hydrogen-bond acceptors (Lipinski definition) is 8. The highest BCUT2D eigenvalue weighted by atomic mass is 31.2. The zero-order valence-corrected chi connectivity index (χ0v) is 30.7. The Kier molecular flexibility index (Phi) is 9.93. The topological polar surface area (TPSA) is 131 Å². The number of rotatable bonds is 13. The molecule has 1 aliphatic rings. The van der Waals surface area contributed by atoms with Gasteiger partial charge in [-0.2, -0.15) is 0 Å². The summed E-state index contributed by atoms with van der Waals surface area (Å²) in [5, 5.41) is 21.7. The van der Waals surface area contributed by atoms with Crippen molar-refractivity contribution in [1.82, 2.24) is 0 Å². The fraction of sp³-hybridized carbons (Fsp3) is 0.0909. The molecule has 6 aromatic carbocycles. The highest BCUT2D eigenvalue weighted by Crippen LogP contribution is 2.69. The molecule has 7 rings (SSSR count). The van der Waals surface area contributed by atoms with Crippen molar-refractivity contribution in [2.75, 3.05) is 0 Å². The second-order valence-electron chi connectivity index (χ2n) is 13.1. The van der Waals surface area contributed by atoms with Gasteiger partial charge in [0.05, 0.1) is 15.2 Å². The minimum Gasteiger partial charge on any atom is -0.457 e. The molecule has 6 aromatic rings. The van der Waals surface area contributed by atoms with Crippen LogP contribution in [-0.4, -0.2) is 9.85 Å². The van der Waals surface area contributed by atoms with E-state index in [0.29, 0.717) is 58.0 Å². The second-order valence-corrected chi connectivity index (χ2v) is 15.7. The first-order valence-electron chi connectivity index (χ1n) is 17.4. The first-order chi connectivity index (χ1) is 26.5. The largest absolute Gasteiger partial charge is 0.457 e. The van der Waals surface area contributed by atoms with Crippen LogP contribution >= 0.6 is 7.37 Å². The summed E-state index contributed by atoms with van der Waals surface area (Å²) in [5.74, 6) is 2.35. The Morgan fingerprint density at radius 2 is 1.11 bits per heavy atom. The monoisotopic (exact) mass is 750 g/mol. The summed E-state index contributed by atoms with van der Waals surface area (Å²) >= 11 is 0. The van der Waals surface area contributed by atoms with E-state index in [9.17, 15) is 20.2 Å². The standard InChI is InChI=1S/C44H35N2O8P/c1-4-10-30-28-32(16-26-40(30)52-36-22-18-34(19-23-36)45(47)48)44(3,55(51)43-15-9-7-13-39(43)38-12-6-8-14-42(38)54-55)33-17-27-41(31(29-33)11-5-2)53-37-24-20-35(21-25-37)46(49)50/h4-9,12-29H,1-2,10-11H2,3H3. The lowest BCUT2D eigenvalue weighted by atomic mass is 9.88. The van der Waals surface area contributed by atoms with Crippen LogP contribution in [0.1, 0.15) is 29.2 Å². The van der Waals surface area contributed by atoms with Crippen molar-refractivity contribution in [2.24, 2.45) is 0 Å². The molecule has 0 saturated carbocycles. The van der Waals surface area contributed by atoms with E-state index in [4.69, 9.17) is 14.0 Å². The first kappa shape index (κ1) is 36.6. The Labute approximate surface area is 317 Å². The molecule has 1 atom stereocenters. The van der Waals surface area contributed by atoms with Crippen molar-refractivity contribution in [2.45, 2.75) is 24.9 Å². The van der Waals surface area contributed by atoms with Crippen molar-refractivity contribution >= 4 is 24.0 Å². The highest BCUT2D eigenvalue weighted by molar-refractivity contribution is 7.69. The summed E-state index contributed by atoms with van der Waals surface area (Å²) in [6.45, 7) is 9.86. The average molecular weight is 751 g/mol. The summed E-state index contributed by atoms with van der Waals surface area (Å²) in [7, 11) is -3.93.